The Morgan fingerprint density at radius 3 is 2.63 bits per heavy atom. The average molecular weight is 527 g/mol. The van der Waals surface area contributed by atoms with Gasteiger partial charge in [0.1, 0.15) is 25.9 Å². The molecule has 3 amide bonds. The van der Waals surface area contributed by atoms with Gasteiger partial charge in [-0.1, -0.05) is 5.16 Å². The maximum atomic E-state index is 12.7. The van der Waals surface area contributed by atoms with Crippen molar-refractivity contribution >= 4 is 50.2 Å². The summed E-state index contributed by atoms with van der Waals surface area (Å²) in [6.07, 6.45) is 3.75. The Bertz CT molecular complexity index is 1240. The number of pyridine rings is 1. The van der Waals surface area contributed by atoms with Gasteiger partial charge in [0, 0.05) is 24.1 Å². The van der Waals surface area contributed by atoms with Gasteiger partial charge in [-0.15, -0.1) is 11.3 Å². The lowest BCUT2D eigenvalue weighted by Crippen LogP contribution is -2.72. The van der Waals surface area contributed by atoms with Gasteiger partial charge < -0.3 is 21.2 Å². The highest BCUT2D eigenvalue weighted by Gasteiger charge is 2.54. The van der Waals surface area contributed by atoms with E-state index >= 15 is 0 Å². The van der Waals surface area contributed by atoms with Gasteiger partial charge in [-0.3, -0.25) is 18.9 Å². The molecule has 2 aromatic heterocycles. The number of aromatic nitrogens is 2. The zero-order valence-electron chi connectivity index (χ0n) is 18.7. The molecule has 188 valence electrons. The number of hydrogen-bond acceptors (Lipinski definition) is 10. The molecule has 0 unspecified atom stereocenters. The SMILES string of the molecule is CO/N=C(/C(=O)N[C@H]1C(=O)N(S(=O)(=O)O)[C@@H]1CC(=O)NCCc1cc[n+](C)cc1)c1csc(N)n1. The van der Waals surface area contributed by atoms with Gasteiger partial charge in [0.25, 0.3) is 11.8 Å². The molecular formula is C19H24N7O7S2+. The van der Waals surface area contributed by atoms with Gasteiger partial charge in [0.15, 0.2) is 23.2 Å². The molecule has 0 bridgehead atoms. The van der Waals surface area contributed by atoms with E-state index in [4.69, 9.17) is 5.73 Å². The number of nitrogens with one attached hydrogen (secondary N) is 2. The van der Waals surface area contributed by atoms with Crippen LogP contribution in [-0.4, -0.2) is 71.4 Å². The number of nitrogens with two attached hydrogens (primary N) is 1. The number of rotatable bonds is 10. The van der Waals surface area contributed by atoms with Gasteiger partial charge in [-0.25, -0.2) is 13.9 Å². The van der Waals surface area contributed by atoms with Gasteiger partial charge in [-0.05, 0) is 12.0 Å². The van der Waals surface area contributed by atoms with Crippen LogP contribution in [0.1, 0.15) is 17.7 Å². The van der Waals surface area contributed by atoms with Gasteiger partial charge >= 0.3 is 10.3 Å². The van der Waals surface area contributed by atoms with E-state index < -0.39 is 46.5 Å². The molecule has 0 saturated carbocycles. The maximum absolute atomic E-state index is 12.7. The van der Waals surface area contributed by atoms with Crippen LogP contribution < -0.4 is 20.9 Å². The Balaban J connectivity index is 1.67. The fourth-order valence-corrected chi connectivity index (χ4v) is 4.80. The number of amides is 3. The van der Waals surface area contributed by atoms with Crippen molar-refractivity contribution in [1.29, 1.82) is 0 Å². The number of nitrogens with zero attached hydrogens (tertiary/aromatic N) is 4. The average Bonchev–Trinajstić information content (AvgIpc) is 3.21. The molecule has 2 atom stereocenters. The number of nitrogen functional groups attached to an aromatic ring is 1. The predicted molar refractivity (Wildman–Crippen MR) is 123 cm³/mol. The summed E-state index contributed by atoms with van der Waals surface area (Å²) in [5, 5.41) is 10.2. The third-order valence-corrected chi connectivity index (χ3v) is 6.67. The first-order chi connectivity index (χ1) is 16.5. The number of thiazole rings is 1. The molecule has 14 nitrogen and oxygen atoms in total. The molecule has 2 aromatic rings. The van der Waals surface area contributed by atoms with Crippen LogP contribution >= 0.6 is 11.3 Å². The number of aryl methyl sites for hydroxylation is 1. The second-order valence-electron chi connectivity index (χ2n) is 7.50. The van der Waals surface area contributed by atoms with Crippen LogP contribution in [0.25, 0.3) is 0 Å². The highest BCUT2D eigenvalue weighted by Crippen LogP contribution is 2.26. The van der Waals surface area contributed by atoms with Crippen LogP contribution in [0, 0.1) is 0 Å². The Kier molecular flexibility index (Phi) is 7.98. The van der Waals surface area contributed by atoms with Crippen molar-refractivity contribution in [2.24, 2.45) is 12.2 Å². The van der Waals surface area contributed by atoms with E-state index in [9.17, 15) is 27.4 Å². The first-order valence-corrected chi connectivity index (χ1v) is 12.4. The van der Waals surface area contributed by atoms with Crippen molar-refractivity contribution < 1.29 is 36.8 Å². The van der Waals surface area contributed by atoms with Crippen LogP contribution in [-0.2, 0) is 43.0 Å². The van der Waals surface area contributed by atoms with Crippen molar-refractivity contribution in [1.82, 2.24) is 19.9 Å². The summed E-state index contributed by atoms with van der Waals surface area (Å²) in [6.45, 7) is 0.256. The van der Waals surface area contributed by atoms with Crippen LogP contribution in [0.4, 0.5) is 5.13 Å². The Morgan fingerprint density at radius 2 is 2.06 bits per heavy atom. The Hall–Kier alpha value is -3.63. The van der Waals surface area contributed by atoms with Crippen molar-refractivity contribution in [2.75, 3.05) is 19.4 Å². The van der Waals surface area contributed by atoms with Crippen LogP contribution in [0.3, 0.4) is 0 Å². The van der Waals surface area contributed by atoms with Crippen molar-refractivity contribution in [2.45, 2.75) is 24.9 Å². The lowest BCUT2D eigenvalue weighted by Gasteiger charge is -2.43. The molecule has 0 spiro atoms. The highest BCUT2D eigenvalue weighted by molar-refractivity contribution is 7.84. The standard InChI is InChI=1S/C19H23N7O7S2/c1-25-7-4-11(5-8-25)3-6-21-14(27)9-13-16(18(29)26(13)35(30,31)32)23-17(28)15(24-33-2)12-10-34-19(20)22-12/h4-5,7-8,10,13,16H,3,6,9H2,1-2H3,(H4-,20,21,22,23,27,28,30,31,32)/p+1/b24-15+/t13-,16-/m1/s1. The maximum Gasteiger partial charge on any atom is 0.362 e. The molecule has 3 heterocycles. The minimum atomic E-state index is -4.96. The number of carbonyl (C=O) groups is 3. The van der Waals surface area contributed by atoms with Crippen molar-refractivity contribution in [3.63, 3.8) is 0 Å². The molecule has 1 fully saturated rings. The summed E-state index contributed by atoms with van der Waals surface area (Å²) in [4.78, 5) is 46.2. The van der Waals surface area contributed by atoms with E-state index in [1.165, 1.54) is 12.5 Å². The fraction of sp³-hybridized carbons (Fsp3) is 0.368. The molecule has 0 aliphatic carbocycles. The minimum Gasteiger partial charge on any atom is -0.398 e. The molecule has 0 radical (unpaired) electrons. The number of anilines is 1. The van der Waals surface area contributed by atoms with E-state index in [0.717, 1.165) is 16.9 Å². The summed E-state index contributed by atoms with van der Waals surface area (Å²) < 4.78 is 34.8. The van der Waals surface area contributed by atoms with Gasteiger partial charge in [-0.2, -0.15) is 8.42 Å². The summed E-state index contributed by atoms with van der Waals surface area (Å²) in [5.41, 5.74) is 6.32. The molecular weight excluding hydrogens is 502 g/mol. The first kappa shape index (κ1) is 26.0. The molecule has 1 saturated heterocycles. The molecule has 1 aliphatic heterocycles. The minimum absolute atomic E-state index is 0.0778. The zero-order chi connectivity index (χ0) is 25.8. The summed E-state index contributed by atoms with van der Waals surface area (Å²) in [5.74, 6) is -2.59. The number of carbonyl (C=O) groups excluding carboxylic acids is 3. The van der Waals surface area contributed by atoms with Crippen LogP contribution in [0.15, 0.2) is 35.1 Å². The summed E-state index contributed by atoms with van der Waals surface area (Å²) >= 11 is 1.04. The largest absolute Gasteiger partial charge is 0.398 e. The lowest BCUT2D eigenvalue weighted by atomic mass is 9.94. The van der Waals surface area contributed by atoms with Crippen molar-refractivity contribution in [3.05, 3.63) is 41.2 Å². The van der Waals surface area contributed by atoms with E-state index in [1.54, 1.807) is 0 Å². The molecule has 0 aromatic carbocycles. The van der Waals surface area contributed by atoms with E-state index in [1.807, 2.05) is 36.1 Å². The van der Waals surface area contributed by atoms with Gasteiger partial charge in [0.2, 0.25) is 5.91 Å². The predicted octanol–water partition coefficient (Wildman–Crippen LogP) is -1.85. The molecule has 5 N–H and O–H groups in total. The van der Waals surface area contributed by atoms with E-state index in [0.29, 0.717) is 6.42 Å². The van der Waals surface area contributed by atoms with Crippen LogP contribution in [0.2, 0.25) is 0 Å². The Morgan fingerprint density at radius 1 is 1.37 bits per heavy atom. The molecule has 3 rings (SSSR count). The van der Waals surface area contributed by atoms with Gasteiger partial charge in [0.05, 0.1) is 12.5 Å². The lowest BCUT2D eigenvalue weighted by molar-refractivity contribution is -0.671. The summed E-state index contributed by atoms with van der Waals surface area (Å²) in [7, 11) is -1.89. The third-order valence-electron chi connectivity index (χ3n) is 5.04. The second kappa shape index (κ2) is 10.7. The van der Waals surface area contributed by atoms with Crippen LogP contribution in [0.5, 0.6) is 0 Å². The first-order valence-electron chi connectivity index (χ1n) is 10.2. The molecule has 1 aliphatic rings. The second-order valence-corrected chi connectivity index (χ2v) is 9.68. The van der Waals surface area contributed by atoms with Crippen molar-refractivity contribution in [3.8, 4) is 0 Å². The fourth-order valence-electron chi connectivity index (χ4n) is 3.37. The normalized spacial score (nSPS) is 18.1. The zero-order valence-corrected chi connectivity index (χ0v) is 20.4. The molecule has 16 heteroatoms. The third kappa shape index (κ3) is 6.28. The smallest absolute Gasteiger partial charge is 0.362 e. The highest BCUT2D eigenvalue weighted by atomic mass is 32.2. The topological polar surface area (TPSA) is 197 Å². The molecule has 35 heavy (non-hydrogen) atoms. The summed E-state index contributed by atoms with van der Waals surface area (Å²) in [6, 6.07) is 1.01. The number of oxime groups is 1. The quantitative estimate of drug-likeness (QED) is 0.0902. The number of hydrogen-bond donors (Lipinski definition) is 4. The number of β-lactam (4-membered cyclic amide) rings is 1. The Labute approximate surface area is 204 Å². The monoisotopic (exact) mass is 526 g/mol. The van der Waals surface area contributed by atoms with E-state index in [-0.39, 0.29) is 27.4 Å². The van der Waals surface area contributed by atoms with E-state index in [2.05, 4.69) is 25.6 Å².